The molecular weight excluding hydrogens is 499 g/mol. The molecule has 1 aliphatic heterocycles. The van der Waals surface area contributed by atoms with Crippen molar-refractivity contribution in [1.29, 1.82) is 0 Å². The quantitative estimate of drug-likeness (QED) is 0.510. The van der Waals surface area contributed by atoms with Gasteiger partial charge in [0.05, 0.1) is 16.1 Å². The number of aryl methyl sites for hydroxylation is 1. The summed E-state index contributed by atoms with van der Waals surface area (Å²) in [7, 11) is -3.66. The second-order valence-electron chi connectivity index (χ2n) is 6.77. The number of carbonyl (C=O) groups is 1. The minimum Gasteiger partial charge on any atom is -0.322 e. The molecule has 3 aromatic carbocycles. The fourth-order valence-electron chi connectivity index (χ4n) is 3.43. The number of amides is 1. The molecule has 7 heteroatoms. The van der Waals surface area contributed by atoms with Crippen LogP contribution in [-0.4, -0.2) is 20.9 Å². The summed E-state index contributed by atoms with van der Waals surface area (Å²) < 4.78 is 28.7. The maximum Gasteiger partial charge on any atom is 0.264 e. The lowest BCUT2D eigenvalue weighted by molar-refractivity contribution is 0.102. The van der Waals surface area contributed by atoms with Gasteiger partial charge in [-0.1, -0.05) is 36.4 Å². The van der Waals surface area contributed by atoms with Gasteiger partial charge in [-0.3, -0.25) is 9.10 Å². The number of fused-ring (bicyclic) bond motifs is 1. The van der Waals surface area contributed by atoms with Crippen molar-refractivity contribution in [3.05, 3.63) is 87.5 Å². The molecule has 0 bridgehead atoms. The Kier molecular flexibility index (Phi) is 5.60. The molecule has 4 rings (SSSR count). The highest BCUT2D eigenvalue weighted by Gasteiger charge is 2.29. The van der Waals surface area contributed by atoms with Crippen LogP contribution in [0.15, 0.2) is 77.7 Å². The summed E-state index contributed by atoms with van der Waals surface area (Å²) in [6, 6.07) is 21.2. The summed E-state index contributed by atoms with van der Waals surface area (Å²) in [5.41, 5.74) is 2.74. The Bertz CT molecular complexity index is 1160. The van der Waals surface area contributed by atoms with Gasteiger partial charge in [-0.2, -0.15) is 0 Å². The monoisotopic (exact) mass is 518 g/mol. The van der Waals surface area contributed by atoms with E-state index in [0.717, 1.165) is 22.0 Å². The Labute approximate surface area is 183 Å². The number of halogens is 1. The van der Waals surface area contributed by atoms with Crippen LogP contribution in [-0.2, 0) is 16.4 Å². The predicted molar refractivity (Wildman–Crippen MR) is 123 cm³/mol. The molecule has 0 fully saturated rings. The van der Waals surface area contributed by atoms with Gasteiger partial charge in [0.15, 0.2) is 0 Å². The van der Waals surface area contributed by atoms with Crippen molar-refractivity contribution in [3.63, 3.8) is 0 Å². The van der Waals surface area contributed by atoms with Crippen molar-refractivity contribution in [2.75, 3.05) is 16.2 Å². The molecule has 0 saturated heterocycles. The van der Waals surface area contributed by atoms with Gasteiger partial charge in [0.25, 0.3) is 15.9 Å². The van der Waals surface area contributed by atoms with E-state index in [9.17, 15) is 13.2 Å². The zero-order valence-corrected chi connectivity index (χ0v) is 18.5. The maximum atomic E-state index is 13.2. The second-order valence-corrected chi connectivity index (χ2v) is 9.80. The molecule has 1 heterocycles. The fourth-order valence-corrected chi connectivity index (χ4v) is 5.62. The smallest absolute Gasteiger partial charge is 0.264 e. The van der Waals surface area contributed by atoms with Crippen molar-refractivity contribution in [2.24, 2.45) is 0 Å². The summed E-state index contributed by atoms with van der Waals surface area (Å²) in [6.07, 6.45) is 1.56. The highest BCUT2D eigenvalue weighted by molar-refractivity contribution is 14.1. The number of carbonyl (C=O) groups excluding carboxylic acids is 1. The number of nitrogens with zero attached hydrogens (tertiary/aromatic N) is 1. The van der Waals surface area contributed by atoms with Gasteiger partial charge in [-0.05, 0) is 77.4 Å². The summed E-state index contributed by atoms with van der Waals surface area (Å²) in [5.74, 6) is -0.219. The van der Waals surface area contributed by atoms with Gasteiger partial charge in [-0.15, -0.1) is 0 Å². The second kappa shape index (κ2) is 8.16. The molecule has 5 nitrogen and oxygen atoms in total. The van der Waals surface area contributed by atoms with Gasteiger partial charge in [0.2, 0.25) is 0 Å². The van der Waals surface area contributed by atoms with Crippen molar-refractivity contribution in [1.82, 2.24) is 0 Å². The molecule has 0 spiro atoms. The average Bonchev–Trinajstić information content (AvgIpc) is 2.74. The molecule has 0 unspecified atom stereocenters. The normalized spacial score (nSPS) is 13.6. The van der Waals surface area contributed by atoms with Crippen molar-refractivity contribution < 1.29 is 13.2 Å². The van der Waals surface area contributed by atoms with Gasteiger partial charge in [0.1, 0.15) is 0 Å². The molecule has 0 radical (unpaired) electrons. The molecule has 1 aliphatic rings. The Morgan fingerprint density at radius 2 is 1.69 bits per heavy atom. The molecule has 0 saturated carbocycles. The number of anilines is 2. The van der Waals surface area contributed by atoms with E-state index in [1.165, 1.54) is 4.31 Å². The fraction of sp³-hybridized carbons (Fsp3) is 0.136. The minimum atomic E-state index is -3.66. The molecule has 0 atom stereocenters. The van der Waals surface area contributed by atoms with Crippen LogP contribution in [0.25, 0.3) is 0 Å². The van der Waals surface area contributed by atoms with Crippen molar-refractivity contribution in [3.8, 4) is 0 Å². The van der Waals surface area contributed by atoms with E-state index in [1.54, 1.807) is 42.5 Å². The third-order valence-corrected chi connectivity index (χ3v) is 7.64. The third-order valence-electron chi connectivity index (χ3n) is 4.87. The lowest BCUT2D eigenvalue weighted by Crippen LogP contribution is -2.35. The predicted octanol–water partition coefficient (Wildman–Crippen LogP) is 4.69. The number of hydrogen-bond donors (Lipinski definition) is 1. The lowest BCUT2D eigenvalue weighted by atomic mass is 10.0. The first-order chi connectivity index (χ1) is 14.0. The topological polar surface area (TPSA) is 66.5 Å². The van der Waals surface area contributed by atoms with Gasteiger partial charge in [-0.25, -0.2) is 8.42 Å². The Hall–Kier alpha value is -2.39. The number of benzene rings is 3. The number of sulfonamides is 1. The number of hydrogen-bond acceptors (Lipinski definition) is 3. The van der Waals surface area contributed by atoms with Crippen LogP contribution in [0.2, 0.25) is 0 Å². The Balaban J connectivity index is 1.68. The van der Waals surface area contributed by atoms with Crippen LogP contribution in [0.5, 0.6) is 0 Å². The Morgan fingerprint density at radius 3 is 2.45 bits per heavy atom. The van der Waals surface area contributed by atoms with E-state index in [4.69, 9.17) is 0 Å². The molecule has 29 heavy (non-hydrogen) atoms. The summed E-state index contributed by atoms with van der Waals surface area (Å²) in [4.78, 5) is 12.9. The zero-order chi connectivity index (χ0) is 20.4. The molecule has 0 aliphatic carbocycles. The first kappa shape index (κ1) is 19.9. The van der Waals surface area contributed by atoms with Gasteiger partial charge >= 0.3 is 0 Å². The van der Waals surface area contributed by atoms with Gasteiger partial charge in [0, 0.05) is 15.8 Å². The van der Waals surface area contributed by atoms with E-state index in [-0.39, 0.29) is 10.8 Å². The lowest BCUT2D eigenvalue weighted by Gasteiger charge is -2.31. The molecule has 148 valence electrons. The van der Waals surface area contributed by atoms with E-state index in [1.807, 2.05) is 30.3 Å². The first-order valence-electron chi connectivity index (χ1n) is 9.23. The van der Waals surface area contributed by atoms with E-state index in [0.29, 0.717) is 23.5 Å². The maximum absolute atomic E-state index is 13.2. The van der Waals surface area contributed by atoms with E-state index < -0.39 is 10.0 Å². The van der Waals surface area contributed by atoms with Crippen LogP contribution in [0.4, 0.5) is 11.4 Å². The summed E-state index contributed by atoms with van der Waals surface area (Å²) in [6.45, 7) is 0.415. The van der Waals surface area contributed by atoms with Crippen LogP contribution in [0.1, 0.15) is 22.3 Å². The zero-order valence-electron chi connectivity index (χ0n) is 15.5. The molecular formula is C22H19IN2O3S. The molecule has 1 N–H and O–H groups in total. The first-order valence-corrected chi connectivity index (χ1v) is 11.8. The highest BCUT2D eigenvalue weighted by Crippen LogP contribution is 2.34. The summed E-state index contributed by atoms with van der Waals surface area (Å²) in [5, 5.41) is 2.90. The molecule has 0 aromatic heterocycles. The van der Waals surface area contributed by atoms with Crippen molar-refractivity contribution >= 4 is 49.9 Å². The third kappa shape index (κ3) is 4.02. The highest BCUT2D eigenvalue weighted by atomic mass is 127. The van der Waals surface area contributed by atoms with Crippen LogP contribution in [0, 0.1) is 3.57 Å². The summed E-state index contributed by atoms with van der Waals surface area (Å²) >= 11 is 2.12. The van der Waals surface area contributed by atoms with Crippen molar-refractivity contribution in [2.45, 2.75) is 17.7 Å². The standard InChI is InChI=1S/C22H19IN2O3S/c23-20-11-5-4-10-19(20)22(26)24-17-13-12-16-7-6-14-25(21(16)15-17)29(27,28)18-8-2-1-3-9-18/h1-5,8-13,15H,6-7,14H2,(H,24,26). The van der Waals surface area contributed by atoms with Crippen LogP contribution in [0.3, 0.4) is 0 Å². The average molecular weight is 518 g/mol. The SMILES string of the molecule is O=C(Nc1ccc2c(c1)N(S(=O)(=O)c1ccccc1)CCC2)c1ccccc1I. The van der Waals surface area contributed by atoms with Crippen LogP contribution >= 0.6 is 22.6 Å². The van der Waals surface area contributed by atoms with E-state index in [2.05, 4.69) is 27.9 Å². The van der Waals surface area contributed by atoms with Gasteiger partial charge < -0.3 is 5.32 Å². The minimum absolute atomic E-state index is 0.219. The Morgan fingerprint density at radius 1 is 0.966 bits per heavy atom. The van der Waals surface area contributed by atoms with Crippen LogP contribution < -0.4 is 9.62 Å². The number of rotatable bonds is 4. The largest absolute Gasteiger partial charge is 0.322 e. The number of nitrogens with one attached hydrogen (secondary N) is 1. The molecule has 3 aromatic rings. The van der Waals surface area contributed by atoms with E-state index >= 15 is 0 Å². The molecule has 1 amide bonds.